The Labute approximate surface area is 156 Å². The second kappa shape index (κ2) is 8.03. The van der Waals surface area contributed by atoms with Gasteiger partial charge in [-0.3, -0.25) is 0 Å². The third-order valence-corrected chi connectivity index (χ3v) is 4.98. The monoisotopic (exact) mass is 379 g/mol. The van der Waals surface area contributed by atoms with Gasteiger partial charge in [-0.25, -0.2) is 14.5 Å². The minimum absolute atomic E-state index is 0.0341. The first-order valence-corrected chi connectivity index (χ1v) is 8.76. The first-order valence-electron chi connectivity index (χ1n) is 8.38. The van der Waals surface area contributed by atoms with Gasteiger partial charge in [0.1, 0.15) is 12.7 Å². The Hall–Kier alpha value is -2.16. The SMILES string of the molecule is CN(CC1(CO)CCOCC1)C(=O)Nc1ccc(-n2cncn2)c(Cl)c1. The summed E-state index contributed by atoms with van der Waals surface area (Å²) in [4.78, 5) is 18.0. The molecule has 1 aromatic carbocycles. The molecular weight excluding hydrogens is 358 g/mol. The van der Waals surface area contributed by atoms with Crippen molar-refractivity contribution in [3.63, 3.8) is 0 Å². The average molecular weight is 380 g/mol. The fourth-order valence-corrected chi connectivity index (χ4v) is 3.33. The Morgan fingerprint density at radius 2 is 2.23 bits per heavy atom. The molecule has 8 nitrogen and oxygen atoms in total. The number of rotatable bonds is 5. The summed E-state index contributed by atoms with van der Waals surface area (Å²) in [7, 11) is 1.72. The maximum atomic E-state index is 12.5. The molecule has 3 rings (SSSR count). The summed E-state index contributed by atoms with van der Waals surface area (Å²) >= 11 is 6.28. The Kier molecular flexibility index (Phi) is 5.75. The molecule has 140 valence electrons. The van der Waals surface area contributed by atoms with Crippen molar-refractivity contribution in [2.45, 2.75) is 12.8 Å². The molecule has 2 amide bonds. The zero-order valence-electron chi connectivity index (χ0n) is 14.6. The lowest BCUT2D eigenvalue weighted by Gasteiger charge is -2.38. The molecule has 0 radical (unpaired) electrons. The van der Waals surface area contributed by atoms with Crippen LogP contribution in [0.15, 0.2) is 30.9 Å². The van der Waals surface area contributed by atoms with Gasteiger partial charge in [0.2, 0.25) is 0 Å². The normalized spacial score (nSPS) is 16.3. The second-order valence-electron chi connectivity index (χ2n) is 6.56. The number of carbonyl (C=O) groups is 1. The summed E-state index contributed by atoms with van der Waals surface area (Å²) in [6.45, 7) is 1.71. The molecule has 0 spiro atoms. The molecule has 1 aliphatic heterocycles. The van der Waals surface area contributed by atoms with E-state index in [1.807, 2.05) is 0 Å². The Morgan fingerprint density at radius 1 is 1.46 bits per heavy atom. The largest absolute Gasteiger partial charge is 0.396 e. The first-order chi connectivity index (χ1) is 12.5. The minimum Gasteiger partial charge on any atom is -0.396 e. The Bertz CT molecular complexity index is 747. The number of halogens is 1. The number of ether oxygens (including phenoxy) is 1. The van der Waals surface area contributed by atoms with Crippen LogP contribution in [-0.4, -0.2) is 64.2 Å². The van der Waals surface area contributed by atoms with E-state index in [-0.39, 0.29) is 18.1 Å². The van der Waals surface area contributed by atoms with Gasteiger partial charge in [0, 0.05) is 37.9 Å². The zero-order valence-corrected chi connectivity index (χ0v) is 15.3. The molecule has 0 aliphatic carbocycles. The molecule has 2 aromatic rings. The van der Waals surface area contributed by atoms with Crippen LogP contribution in [0.2, 0.25) is 5.02 Å². The summed E-state index contributed by atoms with van der Waals surface area (Å²) in [5.74, 6) is 0. The van der Waals surface area contributed by atoms with Crippen LogP contribution in [0.25, 0.3) is 5.69 Å². The molecule has 1 aliphatic rings. The summed E-state index contributed by atoms with van der Waals surface area (Å²) in [6, 6.07) is 4.93. The van der Waals surface area contributed by atoms with Crippen LogP contribution in [0.3, 0.4) is 0 Å². The van der Waals surface area contributed by atoms with E-state index >= 15 is 0 Å². The molecule has 0 atom stereocenters. The maximum absolute atomic E-state index is 12.5. The van der Waals surface area contributed by atoms with Gasteiger partial charge in [0.05, 0.1) is 17.3 Å². The number of hydrogen-bond acceptors (Lipinski definition) is 5. The molecule has 1 aromatic heterocycles. The Balaban J connectivity index is 1.64. The lowest BCUT2D eigenvalue weighted by atomic mass is 9.80. The van der Waals surface area contributed by atoms with E-state index in [0.29, 0.717) is 36.2 Å². The third-order valence-electron chi connectivity index (χ3n) is 4.67. The van der Waals surface area contributed by atoms with E-state index in [1.54, 1.807) is 41.2 Å². The van der Waals surface area contributed by atoms with Crippen molar-refractivity contribution in [1.29, 1.82) is 0 Å². The molecule has 0 bridgehead atoms. The van der Waals surface area contributed by atoms with Crippen molar-refractivity contribution in [2.75, 3.05) is 38.7 Å². The third kappa shape index (κ3) is 4.14. The topological polar surface area (TPSA) is 92.5 Å². The van der Waals surface area contributed by atoms with E-state index in [4.69, 9.17) is 16.3 Å². The summed E-state index contributed by atoms with van der Waals surface area (Å²) in [6.07, 6.45) is 4.45. The average Bonchev–Trinajstić information content (AvgIpc) is 3.17. The summed E-state index contributed by atoms with van der Waals surface area (Å²) in [5.41, 5.74) is 0.955. The van der Waals surface area contributed by atoms with Crippen molar-refractivity contribution in [3.05, 3.63) is 35.9 Å². The Morgan fingerprint density at radius 3 is 2.85 bits per heavy atom. The second-order valence-corrected chi connectivity index (χ2v) is 6.97. The molecule has 0 saturated carbocycles. The fraction of sp³-hybridized carbons (Fsp3) is 0.471. The van der Waals surface area contributed by atoms with Crippen molar-refractivity contribution in [3.8, 4) is 5.69 Å². The number of urea groups is 1. The van der Waals surface area contributed by atoms with Crippen molar-refractivity contribution in [1.82, 2.24) is 19.7 Å². The quantitative estimate of drug-likeness (QED) is 0.830. The zero-order chi connectivity index (χ0) is 18.6. The summed E-state index contributed by atoms with van der Waals surface area (Å²) in [5, 5.41) is 17.1. The standard InChI is InChI=1S/C17H22ClN5O3/c1-22(9-17(10-24)4-6-26-7-5-17)16(25)21-13-2-3-15(14(18)8-13)23-12-19-11-20-23/h2-3,8,11-12,24H,4-7,9-10H2,1H3,(H,21,25). The number of aromatic nitrogens is 3. The lowest BCUT2D eigenvalue weighted by molar-refractivity contribution is -0.0255. The predicted octanol–water partition coefficient (Wildman–Crippen LogP) is 2.17. The number of aliphatic hydroxyl groups is 1. The van der Waals surface area contributed by atoms with Gasteiger partial charge in [-0.05, 0) is 31.0 Å². The van der Waals surface area contributed by atoms with E-state index in [9.17, 15) is 9.90 Å². The number of anilines is 1. The fourth-order valence-electron chi connectivity index (χ4n) is 3.07. The van der Waals surface area contributed by atoms with E-state index in [1.165, 1.54) is 6.33 Å². The molecule has 2 N–H and O–H groups in total. The van der Waals surface area contributed by atoms with E-state index in [2.05, 4.69) is 15.4 Å². The van der Waals surface area contributed by atoms with E-state index in [0.717, 1.165) is 12.8 Å². The minimum atomic E-state index is -0.307. The molecular formula is C17H22ClN5O3. The van der Waals surface area contributed by atoms with Crippen molar-refractivity contribution < 1.29 is 14.6 Å². The van der Waals surface area contributed by atoms with Crippen LogP contribution < -0.4 is 5.32 Å². The highest BCUT2D eigenvalue weighted by molar-refractivity contribution is 6.32. The molecule has 1 fully saturated rings. The maximum Gasteiger partial charge on any atom is 0.321 e. The molecule has 26 heavy (non-hydrogen) atoms. The van der Waals surface area contributed by atoms with Gasteiger partial charge in [-0.1, -0.05) is 11.6 Å². The van der Waals surface area contributed by atoms with Crippen LogP contribution in [0.4, 0.5) is 10.5 Å². The first kappa shape index (κ1) is 18.6. The number of nitrogens with zero attached hydrogens (tertiary/aromatic N) is 4. The van der Waals surface area contributed by atoms with Crippen LogP contribution >= 0.6 is 11.6 Å². The van der Waals surface area contributed by atoms with Crippen LogP contribution in [-0.2, 0) is 4.74 Å². The van der Waals surface area contributed by atoms with Crippen molar-refractivity contribution >= 4 is 23.3 Å². The van der Waals surface area contributed by atoms with Gasteiger partial charge in [-0.15, -0.1) is 0 Å². The van der Waals surface area contributed by atoms with Gasteiger partial charge < -0.3 is 20.1 Å². The van der Waals surface area contributed by atoms with Gasteiger partial charge in [0.25, 0.3) is 0 Å². The number of amides is 2. The van der Waals surface area contributed by atoms with Gasteiger partial charge in [-0.2, -0.15) is 5.10 Å². The molecule has 0 unspecified atom stereocenters. The number of carbonyl (C=O) groups excluding carboxylic acids is 1. The highest BCUT2D eigenvalue weighted by atomic mass is 35.5. The van der Waals surface area contributed by atoms with Crippen LogP contribution in [0, 0.1) is 5.41 Å². The smallest absolute Gasteiger partial charge is 0.321 e. The summed E-state index contributed by atoms with van der Waals surface area (Å²) < 4.78 is 6.91. The van der Waals surface area contributed by atoms with Gasteiger partial charge in [0.15, 0.2) is 0 Å². The van der Waals surface area contributed by atoms with Crippen LogP contribution in [0.5, 0.6) is 0 Å². The van der Waals surface area contributed by atoms with Crippen molar-refractivity contribution in [2.24, 2.45) is 5.41 Å². The molecule has 1 saturated heterocycles. The molecule has 9 heteroatoms. The highest BCUT2D eigenvalue weighted by Gasteiger charge is 2.34. The molecule has 2 heterocycles. The predicted molar refractivity (Wildman–Crippen MR) is 97.6 cm³/mol. The van der Waals surface area contributed by atoms with Gasteiger partial charge >= 0.3 is 6.03 Å². The number of aliphatic hydroxyl groups excluding tert-OH is 1. The number of nitrogens with one attached hydrogen (secondary N) is 1. The highest BCUT2D eigenvalue weighted by Crippen LogP contribution is 2.31. The number of hydrogen-bond donors (Lipinski definition) is 2. The lowest BCUT2D eigenvalue weighted by Crippen LogP contribution is -2.45. The van der Waals surface area contributed by atoms with E-state index < -0.39 is 0 Å². The number of benzene rings is 1. The van der Waals surface area contributed by atoms with Crippen LogP contribution in [0.1, 0.15) is 12.8 Å².